The van der Waals surface area contributed by atoms with Gasteiger partial charge in [0, 0.05) is 0 Å². The number of hydrogen-bond donors (Lipinski definition) is 0. The van der Waals surface area contributed by atoms with Crippen LogP contribution >= 0.6 is 23.2 Å². The first-order chi connectivity index (χ1) is 4.66. The van der Waals surface area contributed by atoms with Gasteiger partial charge in [-0.25, -0.2) is 0 Å². The van der Waals surface area contributed by atoms with Gasteiger partial charge in [0.2, 0.25) is 5.02 Å². The Kier molecular flexibility index (Phi) is 5.94. The summed E-state index contributed by atoms with van der Waals surface area (Å²) in [5, 5.41) is -0.750. The predicted molar refractivity (Wildman–Crippen MR) is 45.2 cm³/mol. The van der Waals surface area contributed by atoms with E-state index in [2.05, 4.69) is 13.8 Å². The maximum absolute atomic E-state index is 5.30. The van der Waals surface area contributed by atoms with Crippen LogP contribution in [0, 0.1) is 5.92 Å². The monoisotopic (exact) mass is 182 g/mol. The second kappa shape index (κ2) is 5.87. The van der Waals surface area contributed by atoms with Crippen molar-refractivity contribution >= 4 is 23.2 Å². The first-order valence-corrected chi connectivity index (χ1v) is 4.14. The van der Waals surface area contributed by atoms with Crippen LogP contribution in [-0.2, 0) is 4.74 Å². The summed E-state index contributed by atoms with van der Waals surface area (Å²) in [4.78, 5) is 0. The SMILES string of the molecule is CCC(C)C=COC(Cl)Cl. The lowest BCUT2D eigenvalue weighted by molar-refractivity contribution is 0.278. The molecule has 0 N–H and O–H groups in total. The fraction of sp³-hybridized carbons (Fsp3) is 0.714. The van der Waals surface area contributed by atoms with Crippen LogP contribution in [0.4, 0.5) is 0 Å². The van der Waals surface area contributed by atoms with Crippen LogP contribution in [0.15, 0.2) is 12.3 Å². The van der Waals surface area contributed by atoms with E-state index in [9.17, 15) is 0 Å². The molecule has 0 heterocycles. The number of hydrogen-bond acceptors (Lipinski definition) is 1. The van der Waals surface area contributed by atoms with E-state index in [4.69, 9.17) is 27.9 Å². The van der Waals surface area contributed by atoms with Crippen molar-refractivity contribution in [2.45, 2.75) is 25.3 Å². The van der Waals surface area contributed by atoms with Crippen molar-refractivity contribution in [3.05, 3.63) is 12.3 Å². The van der Waals surface area contributed by atoms with Crippen molar-refractivity contribution in [3.8, 4) is 0 Å². The lowest BCUT2D eigenvalue weighted by Gasteiger charge is -2.01. The molecule has 60 valence electrons. The van der Waals surface area contributed by atoms with Crippen LogP contribution in [0.3, 0.4) is 0 Å². The van der Waals surface area contributed by atoms with Crippen molar-refractivity contribution in [1.82, 2.24) is 0 Å². The fourth-order valence-electron chi connectivity index (χ4n) is 0.375. The average Bonchev–Trinajstić information content (AvgIpc) is 1.87. The number of ether oxygens (including phenoxy) is 1. The largest absolute Gasteiger partial charge is 0.469 e. The second-order valence-corrected chi connectivity index (χ2v) is 3.13. The minimum Gasteiger partial charge on any atom is -0.469 e. The molecule has 0 rings (SSSR count). The van der Waals surface area contributed by atoms with Crippen LogP contribution in [0.25, 0.3) is 0 Å². The Bertz CT molecular complexity index is 102. The predicted octanol–water partition coefficient (Wildman–Crippen LogP) is 3.32. The summed E-state index contributed by atoms with van der Waals surface area (Å²) >= 11 is 10.6. The summed E-state index contributed by atoms with van der Waals surface area (Å²) in [6.07, 6.45) is 4.56. The molecule has 0 aliphatic rings. The number of alkyl halides is 2. The summed E-state index contributed by atoms with van der Waals surface area (Å²) in [5.74, 6) is 0.520. The zero-order valence-corrected chi connectivity index (χ0v) is 7.69. The average molecular weight is 183 g/mol. The Morgan fingerprint density at radius 3 is 2.50 bits per heavy atom. The smallest absolute Gasteiger partial charge is 0.246 e. The molecular formula is C7H12Cl2O. The van der Waals surface area contributed by atoms with Crippen molar-refractivity contribution in [2.24, 2.45) is 5.92 Å². The van der Waals surface area contributed by atoms with E-state index in [-0.39, 0.29) is 0 Å². The lowest BCUT2D eigenvalue weighted by Crippen LogP contribution is -1.89. The minimum atomic E-state index is -0.750. The van der Waals surface area contributed by atoms with Gasteiger partial charge in [0.15, 0.2) is 0 Å². The third kappa shape index (κ3) is 6.24. The maximum atomic E-state index is 5.30. The highest BCUT2D eigenvalue weighted by atomic mass is 35.5. The molecule has 0 aromatic heterocycles. The highest BCUT2D eigenvalue weighted by Crippen LogP contribution is 2.06. The molecule has 0 aromatic carbocycles. The molecule has 0 saturated heterocycles. The lowest BCUT2D eigenvalue weighted by atomic mass is 10.1. The number of halogens is 2. The third-order valence-corrected chi connectivity index (χ3v) is 1.44. The van der Waals surface area contributed by atoms with E-state index in [0.29, 0.717) is 5.92 Å². The van der Waals surface area contributed by atoms with Gasteiger partial charge in [-0.15, -0.1) is 0 Å². The molecule has 0 amide bonds. The molecule has 3 heteroatoms. The van der Waals surface area contributed by atoms with E-state index in [1.54, 1.807) is 6.26 Å². The molecule has 1 atom stereocenters. The van der Waals surface area contributed by atoms with Gasteiger partial charge in [0.05, 0.1) is 6.26 Å². The summed E-state index contributed by atoms with van der Waals surface area (Å²) in [5.41, 5.74) is 0. The van der Waals surface area contributed by atoms with Crippen LogP contribution in [0.2, 0.25) is 0 Å². The number of allylic oxidation sites excluding steroid dienone is 1. The minimum absolute atomic E-state index is 0.520. The first-order valence-electron chi connectivity index (χ1n) is 3.27. The van der Waals surface area contributed by atoms with Gasteiger partial charge in [-0.3, -0.25) is 0 Å². The van der Waals surface area contributed by atoms with Crippen LogP contribution < -0.4 is 0 Å². The second-order valence-electron chi connectivity index (χ2n) is 2.11. The molecule has 0 radical (unpaired) electrons. The molecule has 0 bridgehead atoms. The van der Waals surface area contributed by atoms with Gasteiger partial charge < -0.3 is 4.74 Å². The molecule has 1 unspecified atom stereocenters. The van der Waals surface area contributed by atoms with Gasteiger partial charge in [-0.2, -0.15) is 0 Å². The molecule has 0 aliphatic heterocycles. The van der Waals surface area contributed by atoms with Gasteiger partial charge in [-0.1, -0.05) is 37.0 Å². The zero-order chi connectivity index (χ0) is 7.98. The Morgan fingerprint density at radius 1 is 1.50 bits per heavy atom. The quantitative estimate of drug-likeness (QED) is 0.479. The fourth-order valence-corrected chi connectivity index (χ4v) is 0.494. The normalized spacial score (nSPS) is 14.5. The van der Waals surface area contributed by atoms with Crippen molar-refractivity contribution < 1.29 is 4.74 Å². The van der Waals surface area contributed by atoms with E-state index in [1.807, 2.05) is 6.08 Å². The molecular weight excluding hydrogens is 171 g/mol. The third-order valence-electron chi connectivity index (χ3n) is 1.23. The van der Waals surface area contributed by atoms with Gasteiger partial charge >= 0.3 is 0 Å². The molecule has 0 aliphatic carbocycles. The molecule has 0 fully saturated rings. The zero-order valence-electron chi connectivity index (χ0n) is 6.18. The van der Waals surface area contributed by atoms with Gasteiger partial charge in [0.25, 0.3) is 0 Å². The van der Waals surface area contributed by atoms with Crippen molar-refractivity contribution in [1.29, 1.82) is 0 Å². The molecule has 0 aromatic rings. The van der Waals surface area contributed by atoms with E-state index >= 15 is 0 Å². The Hall–Kier alpha value is 0.120. The van der Waals surface area contributed by atoms with E-state index < -0.39 is 5.02 Å². The van der Waals surface area contributed by atoms with E-state index in [0.717, 1.165) is 6.42 Å². The molecule has 0 saturated carbocycles. The van der Waals surface area contributed by atoms with Crippen LogP contribution in [0.1, 0.15) is 20.3 Å². The van der Waals surface area contributed by atoms with Crippen molar-refractivity contribution in [3.63, 3.8) is 0 Å². The molecule has 10 heavy (non-hydrogen) atoms. The summed E-state index contributed by atoms with van der Waals surface area (Å²) in [6, 6.07) is 0. The van der Waals surface area contributed by atoms with Gasteiger partial charge in [-0.05, 0) is 18.4 Å². The Balaban J connectivity index is 3.36. The summed E-state index contributed by atoms with van der Waals surface area (Å²) in [7, 11) is 0. The molecule has 1 nitrogen and oxygen atoms in total. The summed E-state index contributed by atoms with van der Waals surface area (Å²) < 4.78 is 4.76. The van der Waals surface area contributed by atoms with Crippen LogP contribution in [0.5, 0.6) is 0 Å². The van der Waals surface area contributed by atoms with Crippen LogP contribution in [-0.4, -0.2) is 5.02 Å². The Labute approximate surface area is 72.0 Å². The first kappa shape index (κ1) is 10.1. The van der Waals surface area contributed by atoms with E-state index in [1.165, 1.54) is 0 Å². The van der Waals surface area contributed by atoms with Gasteiger partial charge in [0.1, 0.15) is 0 Å². The molecule has 0 spiro atoms. The Morgan fingerprint density at radius 2 is 2.10 bits per heavy atom. The summed E-state index contributed by atoms with van der Waals surface area (Å²) in [6.45, 7) is 4.20. The topological polar surface area (TPSA) is 9.23 Å². The highest BCUT2D eigenvalue weighted by Gasteiger charge is 1.93. The van der Waals surface area contributed by atoms with Crippen molar-refractivity contribution in [2.75, 3.05) is 0 Å². The standard InChI is InChI=1S/C7H12Cl2O/c1-3-6(2)4-5-10-7(8)9/h4-7H,3H2,1-2H3. The highest BCUT2D eigenvalue weighted by molar-refractivity contribution is 6.43. The number of rotatable bonds is 4. The maximum Gasteiger partial charge on any atom is 0.246 e.